The van der Waals surface area contributed by atoms with Crippen molar-refractivity contribution in [2.45, 2.75) is 32.6 Å². The summed E-state index contributed by atoms with van der Waals surface area (Å²) in [6.07, 6.45) is 2.43. The van der Waals surface area contributed by atoms with Gasteiger partial charge in [0, 0.05) is 29.4 Å². The summed E-state index contributed by atoms with van der Waals surface area (Å²) >= 11 is 6.03. The molecule has 0 saturated carbocycles. The molecule has 1 aromatic heterocycles. The topological polar surface area (TPSA) is 94.0 Å². The van der Waals surface area contributed by atoms with Gasteiger partial charge >= 0.3 is 0 Å². The number of carbonyl (C=O) groups excluding carboxylic acids is 1. The number of nitrogens with zero attached hydrogens (tertiary/aromatic N) is 2. The quantitative estimate of drug-likeness (QED) is 0.754. The number of hydrogen-bond donors (Lipinski definition) is 2. The third-order valence-corrected chi connectivity index (χ3v) is 5.17. The molecule has 1 unspecified atom stereocenters. The van der Waals surface area contributed by atoms with Crippen LogP contribution < -0.4 is 16.1 Å². The van der Waals surface area contributed by atoms with Crippen molar-refractivity contribution in [2.75, 3.05) is 5.84 Å². The maximum Gasteiger partial charge on any atom is 0.228 e. The second-order valence-corrected chi connectivity index (χ2v) is 8.02. The van der Waals surface area contributed by atoms with E-state index in [9.17, 15) is 4.79 Å². The fourth-order valence-corrected chi connectivity index (χ4v) is 3.89. The number of halogens is 1. The average Bonchev–Trinajstić information content (AvgIpc) is 2.56. The van der Waals surface area contributed by atoms with Crippen LogP contribution >= 0.6 is 11.6 Å². The Morgan fingerprint density at radius 2 is 2.00 bits per heavy atom. The smallest absolute Gasteiger partial charge is 0.228 e. The third kappa shape index (κ3) is 2.61. The maximum atomic E-state index is 13.0. The van der Waals surface area contributed by atoms with Gasteiger partial charge in [-0.25, -0.2) is 9.66 Å². The molecule has 3 N–H and O–H groups in total. The van der Waals surface area contributed by atoms with Crippen LogP contribution in [0.4, 0.5) is 0 Å². The minimum atomic E-state index is -0.439. The second-order valence-electron chi connectivity index (χ2n) is 7.58. The molecule has 0 saturated heterocycles. The fraction of sp³-hybridized carbons (Fsp3) is 0.316. The third-order valence-electron chi connectivity index (χ3n) is 4.92. The van der Waals surface area contributed by atoms with Crippen molar-refractivity contribution in [3.8, 4) is 5.88 Å². The lowest BCUT2D eigenvalue weighted by Crippen LogP contribution is -2.38. The molecule has 1 atom stereocenters. The standard InChI is InChI=1S/C19H19ClN4O2/c1-19(2)7-12(25)15-13(8-19)26-18-16(17(21)24(22)9-23-18)14(15)10-3-5-11(20)6-4-10/h3-6,9,14,21H,7-8,22H2,1-2H3. The Bertz CT molecular complexity index is 1010. The maximum absolute atomic E-state index is 13.0. The predicted molar refractivity (Wildman–Crippen MR) is 97.2 cm³/mol. The van der Waals surface area contributed by atoms with E-state index in [4.69, 9.17) is 27.6 Å². The summed E-state index contributed by atoms with van der Waals surface area (Å²) in [7, 11) is 0. The molecule has 1 aliphatic carbocycles. The zero-order chi connectivity index (χ0) is 18.6. The Labute approximate surface area is 155 Å². The molecule has 0 spiro atoms. The predicted octanol–water partition coefficient (Wildman–Crippen LogP) is 2.90. The highest BCUT2D eigenvalue weighted by Crippen LogP contribution is 2.48. The van der Waals surface area contributed by atoms with Crippen LogP contribution in [0.1, 0.15) is 43.7 Å². The van der Waals surface area contributed by atoms with Crippen molar-refractivity contribution >= 4 is 17.4 Å². The lowest BCUT2D eigenvalue weighted by Gasteiger charge is -2.37. The number of hydrogen-bond acceptors (Lipinski definition) is 5. The Morgan fingerprint density at radius 3 is 2.69 bits per heavy atom. The number of nitrogens with one attached hydrogen (secondary N) is 1. The number of ketones is 1. The van der Waals surface area contributed by atoms with Crippen molar-refractivity contribution in [3.05, 3.63) is 63.6 Å². The molecule has 134 valence electrons. The number of Topliss-reactive ketones (excluding diaryl/α,β-unsaturated/α-hetero) is 1. The van der Waals surface area contributed by atoms with Crippen molar-refractivity contribution < 1.29 is 9.53 Å². The van der Waals surface area contributed by atoms with Crippen LogP contribution in [-0.2, 0) is 4.79 Å². The van der Waals surface area contributed by atoms with Gasteiger partial charge in [0.15, 0.2) is 11.3 Å². The van der Waals surface area contributed by atoms with E-state index in [1.165, 1.54) is 6.33 Å². The first-order chi connectivity index (χ1) is 12.3. The van der Waals surface area contributed by atoms with Gasteiger partial charge < -0.3 is 10.6 Å². The lowest BCUT2D eigenvalue weighted by molar-refractivity contribution is -0.118. The summed E-state index contributed by atoms with van der Waals surface area (Å²) in [5, 5.41) is 9.01. The summed E-state index contributed by atoms with van der Waals surface area (Å²) < 4.78 is 7.12. The molecule has 1 aliphatic heterocycles. The van der Waals surface area contributed by atoms with Gasteiger partial charge in [0.25, 0.3) is 0 Å². The molecule has 0 fully saturated rings. The molecule has 26 heavy (non-hydrogen) atoms. The highest BCUT2D eigenvalue weighted by Gasteiger charge is 2.43. The van der Waals surface area contributed by atoms with Crippen molar-refractivity contribution in [1.29, 1.82) is 5.41 Å². The molecule has 1 aromatic carbocycles. The molecule has 2 aliphatic rings. The molecule has 0 amide bonds. The van der Waals surface area contributed by atoms with E-state index in [1.54, 1.807) is 12.1 Å². The van der Waals surface area contributed by atoms with Crippen molar-refractivity contribution in [2.24, 2.45) is 5.41 Å². The second kappa shape index (κ2) is 5.71. The average molecular weight is 371 g/mol. The number of carbonyl (C=O) groups is 1. The van der Waals surface area contributed by atoms with Gasteiger partial charge in [-0.2, -0.15) is 0 Å². The SMILES string of the molecule is CC1(C)CC(=O)C2=C(C1)Oc1ncn(N)c(=N)c1C2c1ccc(Cl)cc1. The van der Waals surface area contributed by atoms with Gasteiger partial charge in [-0.1, -0.05) is 37.6 Å². The minimum absolute atomic E-state index is 0.0358. The highest BCUT2D eigenvalue weighted by atomic mass is 35.5. The first-order valence-electron chi connectivity index (χ1n) is 8.37. The molecular formula is C19H19ClN4O2. The van der Waals surface area contributed by atoms with Crippen LogP contribution in [0.15, 0.2) is 41.9 Å². The zero-order valence-corrected chi connectivity index (χ0v) is 15.3. The van der Waals surface area contributed by atoms with Crippen molar-refractivity contribution in [3.63, 3.8) is 0 Å². The fourth-order valence-electron chi connectivity index (χ4n) is 3.76. The molecule has 0 bridgehead atoms. The number of nitrogens with two attached hydrogens (primary N) is 1. The van der Waals surface area contributed by atoms with Gasteiger partial charge in [-0.15, -0.1) is 0 Å². The van der Waals surface area contributed by atoms with Gasteiger partial charge in [0.05, 0.1) is 5.56 Å². The number of fused-ring (bicyclic) bond motifs is 1. The summed E-state index contributed by atoms with van der Waals surface area (Å²) in [6.45, 7) is 4.10. The van der Waals surface area contributed by atoms with Gasteiger partial charge in [-0.3, -0.25) is 10.2 Å². The van der Waals surface area contributed by atoms with E-state index in [1.807, 2.05) is 26.0 Å². The molecular weight excluding hydrogens is 352 g/mol. The number of allylic oxidation sites excluding steroid dienone is 2. The number of nitrogen functional groups attached to an aromatic ring is 1. The first kappa shape index (κ1) is 16.8. The number of ether oxygens (including phenoxy) is 1. The van der Waals surface area contributed by atoms with E-state index >= 15 is 0 Å². The Balaban J connectivity index is 1.99. The molecule has 2 heterocycles. The van der Waals surface area contributed by atoms with Crippen LogP contribution in [0, 0.1) is 10.8 Å². The molecule has 4 rings (SSSR count). The lowest BCUT2D eigenvalue weighted by atomic mass is 9.70. The summed E-state index contributed by atoms with van der Waals surface area (Å²) in [6, 6.07) is 7.29. The number of benzene rings is 1. The summed E-state index contributed by atoms with van der Waals surface area (Å²) in [5.74, 6) is 6.41. The Morgan fingerprint density at radius 1 is 1.31 bits per heavy atom. The summed E-state index contributed by atoms with van der Waals surface area (Å²) in [5.41, 5.74) is 1.86. The molecule has 7 heteroatoms. The summed E-state index contributed by atoms with van der Waals surface area (Å²) in [4.78, 5) is 17.3. The first-order valence-corrected chi connectivity index (χ1v) is 8.75. The number of aromatic nitrogens is 2. The Hall–Kier alpha value is -2.60. The Kier molecular flexibility index (Phi) is 3.70. The van der Waals surface area contributed by atoms with E-state index in [0.29, 0.717) is 40.6 Å². The van der Waals surface area contributed by atoms with Gasteiger partial charge in [-0.05, 0) is 23.1 Å². The van der Waals surface area contributed by atoms with E-state index in [0.717, 1.165) is 10.2 Å². The van der Waals surface area contributed by atoms with E-state index in [2.05, 4.69) is 4.98 Å². The van der Waals surface area contributed by atoms with Crippen molar-refractivity contribution in [1.82, 2.24) is 9.66 Å². The van der Waals surface area contributed by atoms with Crippen LogP contribution in [0.25, 0.3) is 0 Å². The van der Waals surface area contributed by atoms with Crippen LogP contribution in [0.5, 0.6) is 5.88 Å². The van der Waals surface area contributed by atoms with Gasteiger partial charge in [0.1, 0.15) is 12.1 Å². The molecule has 6 nitrogen and oxygen atoms in total. The normalized spacial score (nSPS) is 21.0. The van der Waals surface area contributed by atoms with Crippen LogP contribution in [0.2, 0.25) is 5.02 Å². The van der Waals surface area contributed by atoms with Crippen LogP contribution in [-0.4, -0.2) is 15.4 Å². The zero-order valence-electron chi connectivity index (χ0n) is 14.5. The molecule has 2 aromatic rings. The van der Waals surface area contributed by atoms with E-state index < -0.39 is 5.92 Å². The van der Waals surface area contributed by atoms with Gasteiger partial charge in [0.2, 0.25) is 5.88 Å². The molecule has 0 radical (unpaired) electrons. The van der Waals surface area contributed by atoms with Crippen LogP contribution in [0.3, 0.4) is 0 Å². The van der Waals surface area contributed by atoms with E-state index in [-0.39, 0.29) is 16.7 Å². The largest absolute Gasteiger partial charge is 0.442 e. The highest BCUT2D eigenvalue weighted by molar-refractivity contribution is 6.30. The monoisotopic (exact) mass is 370 g/mol. The number of rotatable bonds is 1. The minimum Gasteiger partial charge on any atom is -0.442 e.